The van der Waals surface area contributed by atoms with Crippen molar-refractivity contribution in [3.63, 3.8) is 0 Å². The van der Waals surface area contributed by atoms with Gasteiger partial charge in [0.1, 0.15) is 5.75 Å². The lowest BCUT2D eigenvalue weighted by Crippen LogP contribution is -2.11. The Labute approximate surface area is 106 Å². The number of fused-ring (bicyclic) bond motifs is 1. The van der Waals surface area contributed by atoms with Crippen molar-refractivity contribution in [1.82, 2.24) is 0 Å². The van der Waals surface area contributed by atoms with Crippen molar-refractivity contribution in [2.75, 3.05) is 6.61 Å². The molecule has 0 atom stereocenters. The van der Waals surface area contributed by atoms with Crippen LogP contribution in [0.2, 0.25) is 0 Å². The van der Waals surface area contributed by atoms with Crippen molar-refractivity contribution in [2.24, 2.45) is 5.14 Å². The van der Waals surface area contributed by atoms with Gasteiger partial charge in [-0.3, -0.25) is 0 Å². The van der Waals surface area contributed by atoms with Crippen molar-refractivity contribution in [2.45, 2.75) is 18.2 Å². The Kier molecular flexibility index (Phi) is 3.54. The Hall–Kier alpha value is -1.59. The summed E-state index contributed by atoms with van der Waals surface area (Å²) in [5, 5.41) is 6.84. The van der Waals surface area contributed by atoms with Gasteiger partial charge in [-0.1, -0.05) is 19.1 Å². The summed E-state index contributed by atoms with van der Waals surface area (Å²) in [6, 6.07) is 10.3. The molecule has 0 fully saturated rings. The monoisotopic (exact) mass is 265 g/mol. The molecule has 0 radical (unpaired) electrons. The number of nitrogens with two attached hydrogens (primary N) is 1. The fourth-order valence-electron chi connectivity index (χ4n) is 1.69. The molecule has 0 aliphatic heterocycles. The van der Waals surface area contributed by atoms with Crippen LogP contribution in [-0.4, -0.2) is 15.0 Å². The van der Waals surface area contributed by atoms with Crippen LogP contribution in [0.1, 0.15) is 13.3 Å². The first-order valence-electron chi connectivity index (χ1n) is 5.70. The maximum atomic E-state index is 11.2. The van der Waals surface area contributed by atoms with Crippen molar-refractivity contribution in [3.05, 3.63) is 36.4 Å². The summed E-state index contributed by atoms with van der Waals surface area (Å²) in [5.41, 5.74) is 0. The molecule has 2 aromatic rings. The van der Waals surface area contributed by atoms with E-state index in [-0.39, 0.29) is 4.90 Å². The first-order chi connectivity index (χ1) is 8.50. The van der Waals surface area contributed by atoms with E-state index in [4.69, 9.17) is 9.88 Å². The second kappa shape index (κ2) is 4.96. The SMILES string of the molecule is CCCOc1ccc2cc(S(N)(=O)=O)ccc2c1. The van der Waals surface area contributed by atoms with Crippen LogP contribution in [0.4, 0.5) is 0 Å². The molecule has 0 aliphatic rings. The first-order valence-corrected chi connectivity index (χ1v) is 7.25. The maximum absolute atomic E-state index is 11.2. The molecule has 0 saturated carbocycles. The Bertz CT molecular complexity index is 665. The molecule has 18 heavy (non-hydrogen) atoms. The minimum atomic E-state index is -3.65. The number of sulfonamides is 1. The van der Waals surface area contributed by atoms with Crippen molar-refractivity contribution < 1.29 is 13.2 Å². The molecule has 2 N–H and O–H groups in total. The Morgan fingerprint density at radius 3 is 2.44 bits per heavy atom. The number of hydrogen-bond acceptors (Lipinski definition) is 3. The van der Waals surface area contributed by atoms with E-state index in [0.717, 1.165) is 22.9 Å². The molecule has 0 unspecified atom stereocenters. The average molecular weight is 265 g/mol. The predicted octanol–water partition coefficient (Wildman–Crippen LogP) is 2.28. The summed E-state index contributed by atoms with van der Waals surface area (Å²) < 4.78 is 28.0. The number of hydrogen-bond donors (Lipinski definition) is 1. The van der Waals surface area contributed by atoms with Gasteiger partial charge in [-0.25, -0.2) is 13.6 Å². The maximum Gasteiger partial charge on any atom is 0.238 e. The van der Waals surface area contributed by atoms with Gasteiger partial charge in [0.05, 0.1) is 11.5 Å². The summed E-state index contributed by atoms with van der Waals surface area (Å²) in [6.45, 7) is 2.71. The van der Waals surface area contributed by atoms with Gasteiger partial charge < -0.3 is 4.74 Å². The lowest BCUT2D eigenvalue weighted by atomic mass is 10.1. The van der Waals surface area contributed by atoms with Crippen LogP contribution in [0, 0.1) is 0 Å². The third-order valence-electron chi connectivity index (χ3n) is 2.58. The minimum absolute atomic E-state index is 0.122. The molecular formula is C13H15NO3S. The molecule has 0 aromatic heterocycles. The average Bonchev–Trinajstić information content (AvgIpc) is 2.34. The van der Waals surface area contributed by atoms with Crippen LogP contribution in [0.5, 0.6) is 5.75 Å². The van der Waals surface area contributed by atoms with E-state index in [0.29, 0.717) is 6.61 Å². The van der Waals surface area contributed by atoms with Crippen LogP contribution < -0.4 is 9.88 Å². The minimum Gasteiger partial charge on any atom is -0.494 e. The molecule has 5 heteroatoms. The quantitative estimate of drug-likeness (QED) is 0.922. The predicted molar refractivity (Wildman–Crippen MR) is 71.1 cm³/mol. The van der Waals surface area contributed by atoms with Gasteiger partial charge in [-0.2, -0.15) is 0 Å². The van der Waals surface area contributed by atoms with Gasteiger partial charge in [-0.05, 0) is 41.5 Å². The number of benzene rings is 2. The van der Waals surface area contributed by atoms with E-state index < -0.39 is 10.0 Å². The van der Waals surface area contributed by atoms with Gasteiger partial charge in [0.15, 0.2) is 0 Å². The number of rotatable bonds is 4. The van der Waals surface area contributed by atoms with E-state index >= 15 is 0 Å². The fourth-order valence-corrected chi connectivity index (χ4v) is 2.24. The van der Waals surface area contributed by atoms with E-state index in [2.05, 4.69) is 0 Å². The summed E-state index contributed by atoms with van der Waals surface area (Å²) in [7, 11) is -3.65. The smallest absolute Gasteiger partial charge is 0.238 e. The van der Waals surface area contributed by atoms with Crippen LogP contribution in [0.25, 0.3) is 10.8 Å². The zero-order valence-corrected chi connectivity index (χ0v) is 10.9. The Morgan fingerprint density at radius 1 is 1.11 bits per heavy atom. The molecule has 2 aromatic carbocycles. The number of ether oxygens (including phenoxy) is 1. The highest BCUT2D eigenvalue weighted by molar-refractivity contribution is 7.89. The molecule has 0 saturated heterocycles. The highest BCUT2D eigenvalue weighted by atomic mass is 32.2. The molecule has 0 spiro atoms. The highest BCUT2D eigenvalue weighted by Crippen LogP contribution is 2.23. The van der Waals surface area contributed by atoms with Crippen molar-refractivity contribution in [3.8, 4) is 5.75 Å². The van der Waals surface area contributed by atoms with Gasteiger partial charge in [-0.15, -0.1) is 0 Å². The summed E-state index contributed by atoms with van der Waals surface area (Å²) >= 11 is 0. The molecule has 0 amide bonds. The Balaban J connectivity index is 2.42. The van der Waals surface area contributed by atoms with Crippen LogP contribution in [0.15, 0.2) is 41.3 Å². The second-order valence-electron chi connectivity index (χ2n) is 4.06. The van der Waals surface area contributed by atoms with Crippen molar-refractivity contribution >= 4 is 20.8 Å². The van der Waals surface area contributed by atoms with Gasteiger partial charge in [0.25, 0.3) is 0 Å². The molecule has 0 heterocycles. The van der Waals surface area contributed by atoms with E-state index in [1.54, 1.807) is 12.1 Å². The Morgan fingerprint density at radius 2 is 1.78 bits per heavy atom. The lowest BCUT2D eigenvalue weighted by Gasteiger charge is -2.06. The van der Waals surface area contributed by atoms with Gasteiger partial charge in [0, 0.05) is 0 Å². The topological polar surface area (TPSA) is 69.4 Å². The molecule has 2 rings (SSSR count). The molecule has 4 nitrogen and oxygen atoms in total. The molecule has 96 valence electrons. The summed E-state index contributed by atoms with van der Waals surface area (Å²) in [5.74, 6) is 0.785. The van der Waals surface area contributed by atoms with E-state index in [9.17, 15) is 8.42 Å². The molecule has 0 bridgehead atoms. The molecular weight excluding hydrogens is 250 g/mol. The zero-order valence-electron chi connectivity index (χ0n) is 10.1. The lowest BCUT2D eigenvalue weighted by molar-refractivity contribution is 0.318. The summed E-state index contributed by atoms with van der Waals surface area (Å²) in [4.78, 5) is 0.122. The van der Waals surface area contributed by atoms with E-state index in [1.807, 2.05) is 25.1 Å². The zero-order chi connectivity index (χ0) is 13.2. The largest absolute Gasteiger partial charge is 0.494 e. The van der Waals surface area contributed by atoms with Gasteiger partial charge >= 0.3 is 0 Å². The van der Waals surface area contributed by atoms with Crippen molar-refractivity contribution in [1.29, 1.82) is 0 Å². The summed E-state index contributed by atoms with van der Waals surface area (Å²) in [6.07, 6.45) is 0.947. The number of primary sulfonamides is 1. The highest BCUT2D eigenvalue weighted by Gasteiger charge is 2.08. The van der Waals surface area contributed by atoms with Crippen LogP contribution >= 0.6 is 0 Å². The normalized spacial score (nSPS) is 11.7. The molecule has 0 aliphatic carbocycles. The standard InChI is InChI=1S/C13H15NO3S/c1-2-7-17-12-5-3-11-9-13(18(14,15)16)6-4-10(11)8-12/h3-6,8-9H,2,7H2,1H3,(H2,14,15,16). The van der Waals surface area contributed by atoms with E-state index in [1.165, 1.54) is 6.07 Å². The third kappa shape index (κ3) is 2.80. The second-order valence-corrected chi connectivity index (χ2v) is 5.63. The first kappa shape index (κ1) is 12.9. The fraction of sp³-hybridized carbons (Fsp3) is 0.231. The van der Waals surface area contributed by atoms with Crippen LogP contribution in [0.3, 0.4) is 0 Å². The van der Waals surface area contributed by atoms with Gasteiger partial charge in [0.2, 0.25) is 10.0 Å². The third-order valence-corrected chi connectivity index (χ3v) is 3.50. The van der Waals surface area contributed by atoms with Crippen LogP contribution in [-0.2, 0) is 10.0 Å².